The van der Waals surface area contributed by atoms with Gasteiger partial charge in [0.2, 0.25) is 0 Å². The first-order chi connectivity index (χ1) is 8.58. The molecule has 0 spiro atoms. The van der Waals surface area contributed by atoms with Gasteiger partial charge in [-0.15, -0.1) is 0 Å². The Morgan fingerprint density at radius 2 is 2.17 bits per heavy atom. The van der Waals surface area contributed by atoms with Crippen LogP contribution in [0.1, 0.15) is 18.2 Å². The van der Waals surface area contributed by atoms with Crippen molar-refractivity contribution < 1.29 is 9.90 Å². The van der Waals surface area contributed by atoms with Crippen LogP contribution in [0.15, 0.2) is 30.3 Å². The summed E-state index contributed by atoms with van der Waals surface area (Å²) in [4.78, 5) is 15.2. The van der Waals surface area contributed by atoms with Gasteiger partial charge in [0.15, 0.2) is 0 Å². The fraction of sp³-hybridized carbons (Fsp3) is 0.286. The molecule has 1 aromatic carbocycles. The predicted molar refractivity (Wildman–Crippen MR) is 70.4 cm³/mol. The second kappa shape index (κ2) is 5.14. The zero-order valence-corrected chi connectivity index (χ0v) is 10.5. The molecule has 2 rings (SSSR count). The first-order valence-electron chi connectivity index (χ1n) is 5.89. The monoisotopic (exact) mass is 244 g/mol. The normalized spacial score (nSPS) is 12.6. The van der Waals surface area contributed by atoms with E-state index in [4.69, 9.17) is 5.11 Å². The van der Waals surface area contributed by atoms with Gasteiger partial charge in [-0.1, -0.05) is 18.2 Å². The Bertz CT molecular complexity index is 581. The highest BCUT2D eigenvalue weighted by atomic mass is 16.4. The third-order valence-corrected chi connectivity index (χ3v) is 2.90. The molecule has 0 amide bonds. The van der Waals surface area contributed by atoms with E-state index in [-0.39, 0.29) is 0 Å². The molecule has 4 heteroatoms. The van der Waals surface area contributed by atoms with Crippen molar-refractivity contribution in [3.8, 4) is 0 Å². The molecule has 94 valence electrons. The molecule has 0 saturated heterocycles. The van der Waals surface area contributed by atoms with Crippen molar-refractivity contribution in [2.75, 3.05) is 0 Å². The molecule has 0 aliphatic carbocycles. The number of fused-ring (bicyclic) bond motifs is 1. The number of rotatable bonds is 4. The number of nitrogens with one attached hydrogen (secondary N) is 1. The molecular formula is C14H16N2O2. The van der Waals surface area contributed by atoms with Crippen LogP contribution in [0.4, 0.5) is 0 Å². The summed E-state index contributed by atoms with van der Waals surface area (Å²) >= 11 is 0. The van der Waals surface area contributed by atoms with Gasteiger partial charge in [-0.2, -0.15) is 0 Å². The van der Waals surface area contributed by atoms with Crippen LogP contribution in [0.3, 0.4) is 0 Å². The number of benzene rings is 1. The Kier molecular flexibility index (Phi) is 3.58. The number of carbonyl (C=O) groups is 1. The van der Waals surface area contributed by atoms with Crippen LogP contribution in [0, 0.1) is 6.92 Å². The molecule has 4 nitrogen and oxygen atoms in total. The summed E-state index contributed by atoms with van der Waals surface area (Å²) < 4.78 is 0. The smallest absolute Gasteiger partial charge is 0.320 e. The van der Waals surface area contributed by atoms with Crippen molar-refractivity contribution in [3.05, 3.63) is 41.6 Å². The maximum Gasteiger partial charge on any atom is 0.320 e. The lowest BCUT2D eigenvalue weighted by Crippen LogP contribution is -2.33. The molecule has 0 aliphatic rings. The van der Waals surface area contributed by atoms with E-state index >= 15 is 0 Å². The number of pyridine rings is 1. The van der Waals surface area contributed by atoms with Crippen molar-refractivity contribution in [3.63, 3.8) is 0 Å². The van der Waals surface area contributed by atoms with Crippen LogP contribution < -0.4 is 5.32 Å². The zero-order chi connectivity index (χ0) is 13.1. The van der Waals surface area contributed by atoms with Gasteiger partial charge in [-0.3, -0.25) is 9.78 Å². The number of aliphatic carboxylic acids is 1. The highest BCUT2D eigenvalue weighted by molar-refractivity contribution is 5.82. The average Bonchev–Trinajstić information content (AvgIpc) is 2.35. The summed E-state index contributed by atoms with van der Waals surface area (Å²) in [6, 6.07) is 9.31. The summed E-state index contributed by atoms with van der Waals surface area (Å²) in [7, 11) is 0. The molecule has 1 atom stereocenters. The van der Waals surface area contributed by atoms with E-state index in [0.717, 1.165) is 22.2 Å². The van der Waals surface area contributed by atoms with Crippen LogP contribution >= 0.6 is 0 Å². The summed E-state index contributed by atoms with van der Waals surface area (Å²) in [6.07, 6.45) is 0. The standard InChI is InChI=1S/C14H16N2O2/c1-9-7-11(8-15-10(2)14(17)18)12-5-3-4-6-13(12)16-9/h3-7,10,15H,8H2,1-2H3,(H,17,18). The maximum absolute atomic E-state index is 10.8. The lowest BCUT2D eigenvalue weighted by atomic mass is 10.1. The van der Waals surface area contributed by atoms with Crippen molar-refractivity contribution >= 4 is 16.9 Å². The molecule has 1 heterocycles. The van der Waals surface area contributed by atoms with Gasteiger partial charge >= 0.3 is 5.97 Å². The van der Waals surface area contributed by atoms with Crippen LogP contribution in [-0.2, 0) is 11.3 Å². The van der Waals surface area contributed by atoms with Crippen LogP contribution in [0.25, 0.3) is 10.9 Å². The number of nitrogens with zero attached hydrogens (tertiary/aromatic N) is 1. The average molecular weight is 244 g/mol. The van der Waals surface area contributed by atoms with Gasteiger partial charge in [0, 0.05) is 17.6 Å². The molecule has 1 unspecified atom stereocenters. The summed E-state index contributed by atoms with van der Waals surface area (Å²) in [5.41, 5.74) is 2.96. The molecule has 0 radical (unpaired) electrons. The van der Waals surface area contributed by atoms with E-state index < -0.39 is 12.0 Å². The van der Waals surface area contributed by atoms with Crippen LogP contribution in [-0.4, -0.2) is 22.1 Å². The Morgan fingerprint density at radius 3 is 2.89 bits per heavy atom. The van der Waals surface area contributed by atoms with Crippen LogP contribution in [0.5, 0.6) is 0 Å². The fourth-order valence-electron chi connectivity index (χ4n) is 1.89. The Balaban J connectivity index is 2.29. The van der Waals surface area contributed by atoms with E-state index in [1.807, 2.05) is 37.3 Å². The number of carboxylic acids is 1. The molecule has 0 aliphatic heterocycles. The van der Waals surface area contributed by atoms with Crippen molar-refractivity contribution in [1.29, 1.82) is 0 Å². The summed E-state index contributed by atoms with van der Waals surface area (Å²) in [5, 5.41) is 12.9. The first kappa shape index (κ1) is 12.5. The minimum atomic E-state index is -0.843. The Hall–Kier alpha value is -1.94. The number of hydrogen-bond donors (Lipinski definition) is 2. The lowest BCUT2D eigenvalue weighted by Gasteiger charge is -2.11. The van der Waals surface area contributed by atoms with E-state index in [1.54, 1.807) is 6.92 Å². The third kappa shape index (κ3) is 2.65. The SMILES string of the molecule is Cc1cc(CNC(C)C(=O)O)c2ccccc2n1. The molecule has 0 saturated carbocycles. The van der Waals surface area contributed by atoms with Crippen molar-refractivity contribution in [1.82, 2.24) is 10.3 Å². The number of aromatic nitrogens is 1. The molecular weight excluding hydrogens is 228 g/mol. The highest BCUT2D eigenvalue weighted by Gasteiger charge is 2.10. The topological polar surface area (TPSA) is 62.2 Å². The third-order valence-electron chi connectivity index (χ3n) is 2.90. The van der Waals surface area contributed by atoms with Crippen molar-refractivity contribution in [2.45, 2.75) is 26.4 Å². The lowest BCUT2D eigenvalue weighted by molar-refractivity contribution is -0.139. The highest BCUT2D eigenvalue weighted by Crippen LogP contribution is 2.18. The van der Waals surface area contributed by atoms with E-state index in [0.29, 0.717) is 6.54 Å². The summed E-state index contributed by atoms with van der Waals surface area (Å²) in [5.74, 6) is -0.843. The molecule has 2 aromatic rings. The van der Waals surface area contributed by atoms with E-state index in [1.165, 1.54) is 0 Å². The minimum Gasteiger partial charge on any atom is -0.480 e. The van der Waals surface area contributed by atoms with Crippen molar-refractivity contribution in [2.24, 2.45) is 0 Å². The number of aryl methyl sites for hydroxylation is 1. The molecule has 18 heavy (non-hydrogen) atoms. The van der Waals surface area contributed by atoms with Gasteiger partial charge in [-0.05, 0) is 31.5 Å². The number of carboxylic acid groups (broad SMARTS) is 1. The van der Waals surface area contributed by atoms with Gasteiger partial charge < -0.3 is 10.4 Å². The summed E-state index contributed by atoms with van der Waals surface area (Å²) in [6.45, 7) is 4.10. The first-order valence-corrected chi connectivity index (χ1v) is 5.89. The molecule has 1 aromatic heterocycles. The van der Waals surface area contributed by atoms with Gasteiger partial charge in [-0.25, -0.2) is 0 Å². The molecule has 0 fully saturated rings. The number of para-hydroxylation sites is 1. The van der Waals surface area contributed by atoms with Crippen LogP contribution in [0.2, 0.25) is 0 Å². The fourth-order valence-corrected chi connectivity index (χ4v) is 1.89. The molecule has 2 N–H and O–H groups in total. The minimum absolute atomic E-state index is 0.525. The quantitative estimate of drug-likeness (QED) is 0.864. The molecule has 0 bridgehead atoms. The second-order valence-corrected chi connectivity index (χ2v) is 4.38. The Morgan fingerprint density at radius 1 is 1.44 bits per heavy atom. The Labute approximate surface area is 106 Å². The second-order valence-electron chi connectivity index (χ2n) is 4.38. The van der Waals surface area contributed by atoms with E-state index in [2.05, 4.69) is 10.3 Å². The van der Waals surface area contributed by atoms with Gasteiger partial charge in [0.05, 0.1) is 5.52 Å². The van der Waals surface area contributed by atoms with Gasteiger partial charge in [0.1, 0.15) is 6.04 Å². The number of hydrogen-bond acceptors (Lipinski definition) is 3. The van der Waals surface area contributed by atoms with E-state index in [9.17, 15) is 4.79 Å². The predicted octanol–water partition coefficient (Wildman–Crippen LogP) is 2.11. The largest absolute Gasteiger partial charge is 0.480 e. The maximum atomic E-state index is 10.8. The zero-order valence-electron chi connectivity index (χ0n) is 10.5. The van der Waals surface area contributed by atoms with Gasteiger partial charge in [0.25, 0.3) is 0 Å².